The first-order chi connectivity index (χ1) is 9.08. The third kappa shape index (κ3) is 3.08. The lowest BCUT2D eigenvalue weighted by molar-refractivity contribution is -0.385. The van der Waals surface area contributed by atoms with Crippen LogP contribution >= 0.6 is 0 Å². The summed E-state index contributed by atoms with van der Waals surface area (Å²) in [5, 5.41) is 22.5. The summed E-state index contributed by atoms with van der Waals surface area (Å²) in [5.41, 5.74) is -0.118. The van der Waals surface area contributed by atoms with Crippen molar-refractivity contribution in [1.29, 1.82) is 0 Å². The van der Waals surface area contributed by atoms with Crippen LogP contribution in [-0.4, -0.2) is 29.1 Å². The first-order valence-electron chi connectivity index (χ1n) is 6.20. The van der Waals surface area contributed by atoms with Crippen LogP contribution in [0.2, 0.25) is 0 Å². The van der Waals surface area contributed by atoms with E-state index in [0.29, 0.717) is 13.0 Å². The number of nitrogens with one attached hydrogen (secondary N) is 1. The molecule has 0 spiro atoms. The van der Waals surface area contributed by atoms with Crippen LogP contribution in [0.25, 0.3) is 0 Å². The van der Waals surface area contributed by atoms with Crippen molar-refractivity contribution >= 4 is 11.6 Å². The lowest BCUT2D eigenvalue weighted by atomic mass is 10.0. The minimum Gasteiger partial charge on any atom is -0.396 e. The molecule has 2 rings (SSSR count). The quantitative estimate of drug-likeness (QED) is 0.601. The predicted molar refractivity (Wildman–Crippen MR) is 68.8 cm³/mol. The van der Waals surface area contributed by atoms with Crippen molar-refractivity contribution in [1.82, 2.24) is 5.32 Å². The number of aliphatic hydroxyl groups excluding tert-OH is 1. The van der Waals surface area contributed by atoms with Crippen LogP contribution in [0.4, 0.5) is 5.69 Å². The molecule has 102 valence electrons. The number of para-hydroxylation sites is 1. The Kier molecular flexibility index (Phi) is 3.80. The Morgan fingerprint density at radius 2 is 2.11 bits per heavy atom. The largest absolute Gasteiger partial charge is 0.396 e. The van der Waals surface area contributed by atoms with E-state index in [4.69, 9.17) is 5.11 Å². The Hall–Kier alpha value is -1.95. The molecule has 2 N–H and O–H groups in total. The van der Waals surface area contributed by atoms with Gasteiger partial charge >= 0.3 is 0 Å². The summed E-state index contributed by atoms with van der Waals surface area (Å²) in [6, 6.07) is 5.89. The summed E-state index contributed by atoms with van der Waals surface area (Å²) in [4.78, 5) is 22.2. The number of aliphatic hydroxyl groups is 1. The van der Waals surface area contributed by atoms with Crippen LogP contribution in [0.15, 0.2) is 24.3 Å². The van der Waals surface area contributed by atoms with Gasteiger partial charge in [-0.25, -0.2) is 0 Å². The molecule has 6 heteroatoms. The normalized spacial score (nSPS) is 15.8. The lowest BCUT2D eigenvalue weighted by Gasteiger charge is -2.14. The summed E-state index contributed by atoms with van der Waals surface area (Å²) in [5.74, 6) is -0.434. The zero-order valence-electron chi connectivity index (χ0n) is 10.5. The molecule has 0 aliphatic heterocycles. The van der Waals surface area contributed by atoms with E-state index in [1.807, 2.05) is 0 Å². The maximum atomic E-state index is 12.0. The number of hydrogen-bond acceptors (Lipinski definition) is 4. The number of rotatable bonds is 6. The third-order valence-corrected chi connectivity index (χ3v) is 3.57. The van der Waals surface area contributed by atoms with Crippen molar-refractivity contribution in [3.8, 4) is 0 Å². The molecule has 0 radical (unpaired) electrons. The molecule has 0 bridgehead atoms. The van der Waals surface area contributed by atoms with Crippen LogP contribution in [0.1, 0.15) is 29.6 Å². The smallest absolute Gasteiger partial charge is 0.282 e. The van der Waals surface area contributed by atoms with Crippen molar-refractivity contribution in [2.24, 2.45) is 5.41 Å². The monoisotopic (exact) mass is 264 g/mol. The second kappa shape index (κ2) is 5.36. The van der Waals surface area contributed by atoms with E-state index in [1.165, 1.54) is 18.2 Å². The Morgan fingerprint density at radius 1 is 1.42 bits per heavy atom. The first-order valence-corrected chi connectivity index (χ1v) is 6.20. The molecule has 0 aromatic heterocycles. The van der Waals surface area contributed by atoms with E-state index in [2.05, 4.69) is 5.32 Å². The van der Waals surface area contributed by atoms with Crippen LogP contribution in [0.3, 0.4) is 0 Å². The summed E-state index contributed by atoms with van der Waals surface area (Å²) < 4.78 is 0. The van der Waals surface area contributed by atoms with Crippen LogP contribution in [-0.2, 0) is 0 Å². The highest BCUT2D eigenvalue weighted by molar-refractivity contribution is 5.98. The van der Waals surface area contributed by atoms with Gasteiger partial charge in [0.05, 0.1) is 4.92 Å². The zero-order valence-corrected chi connectivity index (χ0v) is 10.5. The van der Waals surface area contributed by atoms with Gasteiger partial charge in [0.1, 0.15) is 5.56 Å². The van der Waals surface area contributed by atoms with Crippen molar-refractivity contribution in [2.45, 2.75) is 19.3 Å². The standard InChI is InChI=1S/C13H16N2O4/c16-8-7-13(5-6-13)9-14-12(17)10-3-1-2-4-11(10)15(18)19/h1-4,16H,5-9H2,(H,14,17). The van der Waals surface area contributed by atoms with E-state index >= 15 is 0 Å². The number of amides is 1. The van der Waals surface area contributed by atoms with Crippen LogP contribution in [0.5, 0.6) is 0 Å². The van der Waals surface area contributed by atoms with E-state index in [-0.39, 0.29) is 23.3 Å². The average Bonchev–Trinajstić information content (AvgIpc) is 3.17. The molecule has 1 aliphatic rings. The minimum atomic E-state index is -0.560. The number of nitrogens with zero attached hydrogens (tertiary/aromatic N) is 1. The lowest BCUT2D eigenvalue weighted by Crippen LogP contribution is -2.31. The predicted octanol–water partition coefficient (Wildman–Crippen LogP) is 1.49. The molecular formula is C13H16N2O4. The van der Waals surface area contributed by atoms with Crippen molar-refractivity contribution in [3.63, 3.8) is 0 Å². The summed E-state index contributed by atoms with van der Waals surface area (Å²) in [6.45, 7) is 0.555. The number of nitro groups is 1. The molecule has 1 aromatic carbocycles. The summed E-state index contributed by atoms with van der Waals surface area (Å²) in [6.07, 6.45) is 2.61. The Morgan fingerprint density at radius 3 is 2.68 bits per heavy atom. The molecule has 6 nitrogen and oxygen atoms in total. The van der Waals surface area contributed by atoms with E-state index in [0.717, 1.165) is 12.8 Å². The SMILES string of the molecule is O=C(NCC1(CCO)CC1)c1ccccc1[N+](=O)[O-]. The number of carbonyl (C=O) groups excluding carboxylic acids is 1. The Bertz CT molecular complexity index is 497. The van der Waals surface area contributed by atoms with E-state index < -0.39 is 10.8 Å². The second-order valence-corrected chi connectivity index (χ2v) is 4.93. The summed E-state index contributed by atoms with van der Waals surface area (Å²) >= 11 is 0. The molecule has 0 heterocycles. The molecule has 1 aromatic rings. The summed E-state index contributed by atoms with van der Waals surface area (Å²) in [7, 11) is 0. The van der Waals surface area contributed by atoms with Crippen molar-refractivity contribution in [3.05, 3.63) is 39.9 Å². The van der Waals surface area contributed by atoms with E-state index in [9.17, 15) is 14.9 Å². The molecule has 0 unspecified atom stereocenters. The fraction of sp³-hybridized carbons (Fsp3) is 0.462. The first kappa shape index (κ1) is 13.5. The van der Waals surface area contributed by atoms with Crippen LogP contribution in [0, 0.1) is 15.5 Å². The van der Waals surface area contributed by atoms with Gasteiger partial charge in [0, 0.05) is 19.2 Å². The molecule has 1 fully saturated rings. The van der Waals surface area contributed by atoms with Gasteiger partial charge in [-0.1, -0.05) is 12.1 Å². The van der Waals surface area contributed by atoms with Gasteiger partial charge in [0.2, 0.25) is 0 Å². The molecule has 0 atom stereocenters. The fourth-order valence-electron chi connectivity index (χ4n) is 2.12. The van der Waals surface area contributed by atoms with Gasteiger partial charge in [-0.15, -0.1) is 0 Å². The average molecular weight is 264 g/mol. The third-order valence-electron chi connectivity index (χ3n) is 3.57. The van der Waals surface area contributed by atoms with Crippen molar-refractivity contribution < 1.29 is 14.8 Å². The molecule has 0 saturated heterocycles. The second-order valence-electron chi connectivity index (χ2n) is 4.93. The van der Waals surface area contributed by atoms with Crippen molar-refractivity contribution in [2.75, 3.05) is 13.2 Å². The van der Waals surface area contributed by atoms with Gasteiger partial charge in [-0.05, 0) is 30.7 Å². The Balaban J connectivity index is 2.03. The number of benzene rings is 1. The van der Waals surface area contributed by atoms with E-state index in [1.54, 1.807) is 6.07 Å². The molecular weight excluding hydrogens is 248 g/mol. The molecule has 1 aliphatic carbocycles. The number of carbonyl (C=O) groups is 1. The molecule has 19 heavy (non-hydrogen) atoms. The highest BCUT2D eigenvalue weighted by atomic mass is 16.6. The van der Waals surface area contributed by atoms with Gasteiger partial charge in [-0.3, -0.25) is 14.9 Å². The number of hydrogen-bond donors (Lipinski definition) is 2. The zero-order chi connectivity index (χ0) is 13.9. The Labute approximate surface area is 110 Å². The van der Waals surface area contributed by atoms with Crippen LogP contribution < -0.4 is 5.32 Å². The van der Waals surface area contributed by atoms with Gasteiger partial charge in [-0.2, -0.15) is 0 Å². The minimum absolute atomic E-state index is 0.00598. The maximum Gasteiger partial charge on any atom is 0.282 e. The van der Waals surface area contributed by atoms with Gasteiger partial charge < -0.3 is 10.4 Å². The van der Waals surface area contributed by atoms with Gasteiger partial charge in [0.15, 0.2) is 0 Å². The highest BCUT2D eigenvalue weighted by Gasteiger charge is 2.42. The van der Waals surface area contributed by atoms with Gasteiger partial charge in [0.25, 0.3) is 11.6 Å². The number of nitro benzene ring substituents is 1. The topological polar surface area (TPSA) is 92.5 Å². The molecule has 1 saturated carbocycles. The molecule has 1 amide bonds. The maximum absolute atomic E-state index is 12.0. The highest BCUT2D eigenvalue weighted by Crippen LogP contribution is 2.47. The fourth-order valence-corrected chi connectivity index (χ4v) is 2.12.